The van der Waals surface area contributed by atoms with E-state index in [2.05, 4.69) is 9.97 Å². The maximum atomic E-state index is 12.0. The summed E-state index contributed by atoms with van der Waals surface area (Å²) in [4.78, 5) is 7.69. The Balaban J connectivity index is 2.33. The van der Waals surface area contributed by atoms with Crippen molar-refractivity contribution in [1.29, 1.82) is 5.26 Å². The average molecular weight is 291 g/mol. The zero-order valence-corrected chi connectivity index (χ0v) is 10.8. The van der Waals surface area contributed by atoms with Gasteiger partial charge in [0.1, 0.15) is 29.8 Å². The molecule has 4 N–H and O–H groups in total. The third-order valence-electron chi connectivity index (χ3n) is 2.57. The molecule has 1 aromatic heterocycles. The Morgan fingerprint density at radius 1 is 1.19 bits per heavy atom. The smallest absolute Gasteiger partial charge is 0.272 e. The van der Waals surface area contributed by atoms with Crippen molar-refractivity contribution in [2.75, 3.05) is 18.1 Å². The first kappa shape index (κ1) is 14.5. The summed E-state index contributed by atoms with van der Waals surface area (Å²) in [6.45, 7) is -0.684. The molecule has 0 aliphatic heterocycles. The summed E-state index contributed by atoms with van der Waals surface area (Å²) in [5, 5.41) is 9.09. The Morgan fingerprint density at radius 2 is 1.86 bits per heavy atom. The predicted octanol–water partition coefficient (Wildman–Crippen LogP) is 1.82. The van der Waals surface area contributed by atoms with Crippen LogP contribution < -0.4 is 16.2 Å². The van der Waals surface area contributed by atoms with Crippen LogP contribution in [0.1, 0.15) is 5.56 Å². The third kappa shape index (κ3) is 3.33. The number of hydrogen-bond acceptors (Lipinski definition) is 6. The van der Waals surface area contributed by atoms with Crippen LogP contribution in [0.4, 0.5) is 20.5 Å². The molecule has 0 spiro atoms. The number of nitrogens with two attached hydrogens (primary N) is 2. The van der Waals surface area contributed by atoms with Gasteiger partial charge >= 0.3 is 0 Å². The molecule has 0 atom stereocenters. The van der Waals surface area contributed by atoms with Crippen LogP contribution in [0.5, 0.6) is 5.75 Å². The number of nitrogens with zero attached hydrogens (tertiary/aromatic N) is 3. The van der Waals surface area contributed by atoms with Gasteiger partial charge in [-0.3, -0.25) is 0 Å². The fourth-order valence-electron chi connectivity index (χ4n) is 1.68. The van der Waals surface area contributed by atoms with E-state index in [1.165, 1.54) is 12.1 Å². The van der Waals surface area contributed by atoms with Crippen LogP contribution in [-0.2, 0) is 0 Å². The monoisotopic (exact) mass is 291 g/mol. The minimum Gasteiger partial charge on any atom is -0.488 e. The van der Waals surface area contributed by atoms with Crippen molar-refractivity contribution in [2.45, 2.75) is 6.43 Å². The lowest BCUT2D eigenvalue weighted by molar-refractivity contribution is 0.0819. The highest BCUT2D eigenvalue weighted by molar-refractivity contribution is 5.73. The molecular weight excluding hydrogens is 280 g/mol. The normalized spacial score (nSPS) is 10.4. The molecule has 0 saturated heterocycles. The molecule has 2 rings (SSSR count). The largest absolute Gasteiger partial charge is 0.488 e. The van der Waals surface area contributed by atoms with E-state index in [1.54, 1.807) is 12.1 Å². The van der Waals surface area contributed by atoms with Crippen LogP contribution in [0.2, 0.25) is 0 Å². The Labute approximate surface area is 119 Å². The topological polar surface area (TPSA) is 111 Å². The van der Waals surface area contributed by atoms with Crippen molar-refractivity contribution in [3.63, 3.8) is 0 Å². The van der Waals surface area contributed by atoms with Crippen LogP contribution in [0.25, 0.3) is 11.3 Å². The van der Waals surface area contributed by atoms with Crippen molar-refractivity contribution in [3.8, 4) is 23.1 Å². The van der Waals surface area contributed by atoms with Crippen LogP contribution >= 0.6 is 0 Å². The summed E-state index contributed by atoms with van der Waals surface area (Å²) >= 11 is 0. The standard InChI is InChI=1S/C13H11F2N5O/c14-10(15)6-21-8-3-1-7(2-4-8)11-9(5-16)12(17)20-13(18)19-11/h1-4,10H,6H2,(H4,17,18,19,20). The first-order chi connectivity index (χ1) is 10.0. The lowest BCUT2D eigenvalue weighted by atomic mass is 10.1. The molecule has 6 nitrogen and oxygen atoms in total. The fourth-order valence-corrected chi connectivity index (χ4v) is 1.68. The minimum atomic E-state index is -2.55. The molecule has 0 radical (unpaired) electrons. The number of ether oxygens (including phenoxy) is 1. The molecule has 0 unspecified atom stereocenters. The summed E-state index contributed by atoms with van der Waals surface area (Å²) in [7, 11) is 0. The molecule has 0 fully saturated rings. The lowest BCUT2D eigenvalue weighted by Crippen LogP contribution is -2.07. The van der Waals surface area contributed by atoms with Crippen molar-refractivity contribution in [3.05, 3.63) is 29.8 Å². The van der Waals surface area contributed by atoms with Gasteiger partial charge in [0.05, 0.1) is 5.69 Å². The molecule has 21 heavy (non-hydrogen) atoms. The summed E-state index contributed by atoms with van der Waals surface area (Å²) in [6.07, 6.45) is -2.55. The third-order valence-corrected chi connectivity index (χ3v) is 2.57. The van der Waals surface area contributed by atoms with Crippen LogP contribution in [0.3, 0.4) is 0 Å². The summed E-state index contributed by atoms with van der Waals surface area (Å²) in [6, 6.07) is 8.04. The molecule has 1 aromatic carbocycles. The van der Waals surface area contributed by atoms with E-state index in [9.17, 15) is 8.78 Å². The number of benzene rings is 1. The number of anilines is 2. The van der Waals surface area contributed by atoms with Gasteiger partial charge < -0.3 is 16.2 Å². The van der Waals surface area contributed by atoms with Crippen LogP contribution in [0.15, 0.2) is 24.3 Å². The van der Waals surface area contributed by atoms with Crippen molar-refractivity contribution in [2.24, 2.45) is 0 Å². The zero-order chi connectivity index (χ0) is 15.4. The maximum absolute atomic E-state index is 12.0. The SMILES string of the molecule is N#Cc1c(N)nc(N)nc1-c1ccc(OCC(F)F)cc1. The number of nitriles is 1. The van der Waals surface area contributed by atoms with Crippen LogP contribution in [0, 0.1) is 11.3 Å². The van der Waals surface area contributed by atoms with Gasteiger partial charge in [-0.05, 0) is 24.3 Å². The summed E-state index contributed by atoms with van der Waals surface area (Å²) in [5.74, 6) is 0.213. The molecule has 0 aliphatic carbocycles. The second-order valence-corrected chi connectivity index (χ2v) is 4.03. The Kier molecular flexibility index (Phi) is 4.13. The Hall–Kier alpha value is -2.95. The summed E-state index contributed by atoms with van der Waals surface area (Å²) in [5.41, 5.74) is 12.1. The number of aromatic nitrogens is 2. The molecule has 2 aromatic rings. The van der Waals surface area contributed by atoms with Gasteiger partial charge in [0.2, 0.25) is 5.95 Å². The Bertz CT molecular complexity index is 682. The van der Waals surface area contributed by atoms with Gasteiger partial charge in [-0.2, -0.15) is 10.2 Å². The molecule has 0 aliphatic rings. The fraction of sp³-hybridized carbons (Fsp3) is 0.154. The molecule has 0 amide bonds. The number of alkyl halides is 2. The van der Waals surface area contributed by atoms with E-state index < -0.39 is 13.0 Å². The zero-order valence-electron chi connectivity index (χ0n) is 10.8. The van der Waals surface area contributed by atoms with Crippen LogP contribution in [-0.4, -0.2) is 23.0 Å². The highest BCUT2D eigenvalue weighted by Crippen LogP contribution is 2.26. The van der Waals surface area contributed by atoms with Crippen molar-refractivity contribution >= 4 is 11.8 Å². The predicted molar refractivity (Wildman–Crippen MR) is 72.5 cm³/mol. The highest BCUT2D eigenvalue weighted by Gasteiger charge is 2.13. The number of halogens is 2. The van der Waals surface area contributed by atoms with Gasteiger partial charge in [-0.1, -0.05) is 0 Å². The Morgan fingerprint density at radius 3 is 2.43 bits per heavy atom. The molecule has 8 heteroatoms. The number of rotatable bonds is 4. The highest BCUT2D eigenvalue weighted by atomic mass is 19.3. The summed E-state index contributed by atoms with van der Waals surface area (Å²) < 4.78 is 29.0. The lowest BCUT2D eigenvalue weighted by Gasteiger charge is -2.08. The maximum Gasteiger partial charge on any atom is 0.272 e. The first-order valence-corrected chi connectivity index (χ1v) is 5.85. The van der Waals surface area contributed by atoms with Gasteiger partial charge in [-0.25, -0.2) is 13.8 Å². The van der Waals surface area contributed by atoms with E-state index in [0.717, 1.165) is 0 Å². The quantitative estimate of drug-likeness (QED) is 0.888. The molecule has 1 heterocycles. The van der Waals surface area contributed by atoms with Crippen molar-refractivity contribution in [1.82, 2.24) is 9.97 Å². The van der Waals surface area contributed by atoms with E-state index in [-0.39, 0.29) is 28.8 Å². The van der Waals surface area contributed by atoms with E-state index in [0.29, 0.717) is 5.56 Å². The van der Waals surface area contributed by atoms with E-state index in [4.69, 9.17) is 21.5 Å². The van der Waals surface area contributed by atoms with Gasteiger partial charge in [0.15, 0.2) is 0 Å². The molecule has 0 bridgehead atoms. The molecule has 108 valence electrons. The van der Waals surface area contributed by atoms with E-state index >= 15 is 0 Å². The number of hydrogen-bond donors (Lipinski definition) is 2. The van der Waals surface area contributed by atoms with Gasteiger partial charge in [0, 0.05) is 5.56 Å². The number of nitrogen functional groups attached to an aromatic ring is 2. The first-order valence-electron chi connectivity index (χ1n) is 5.85. The van der Waals surface area contributed by atoms with Crippen molar-refractivity contribution < 1.29 is 13.5 Å². The molecular formula is C13H11F2N5O. The van der Waals surface area contributed by atoms with Gasteiger partial charge in [0.25, 0.3) is 6.43 Å². The van der Waals surface area contributed by atoms with Gasteiger partial charge in [-0.15, -0.1) is 0 Å². The average Bonchev–Trinajstić information content (AvgIpc) is 2.45. The second-order valence-electron chi connectivity index (χ2n) is 4.03. The van der Waals surface area contributed by atoms with E-state index in [1.807, 2.05) is 6.07 Å². The minimum absolute atomic E-state index is 0.0157. The molecule has 0 saturated carbocycles. The second kappa shape index (κ2) is 6.00.